The fourth-order valence-corrected chi connectivity index (χ4v) is 6.81. The van der Waals surface area contributed by atoms with Crippen LogP contribution < -0.4 is 0 Å². The Kier molecular flexibility index (Phi) is 5.72. The van der Waals surface area contributed by atoms with E-state index in [1.165, 1.54) is 14.2 Å². The Morgan fingerprint density at radius 2 is 0.805 bits per heavy atom. The minimum absolute atomic E-state index is 0.373. The Morgan fingerprint density at radius 1 is 0.439 bits per heavy atom. The highest BCUT2D eigenvalue weighted by Gasteiger charge is 2.47. The highest BCUT2D eigenvalue weighted by molar-refractivity contribution is 6.09. The number of carbonyl (C=O) groups excluding carboxylic acids is 2. The number of fused-ring (bicyclic) bond motifs is 5. The van der Waals surface area contributed by atoms with E-state index >= 15 is 0 Å². The van der Waals surface area contributed by atoms with Gasteiger partial charge in [-0.05, 0) is 67.1 Å². The van der Waals surface area contributed by atoms with E-state index in [2.05, 4.69) is 72.8 Å². The first-order valence-electron chi connectivity index (χ1n) is 13.5. The molecule has 0 aromatic heterocycles. The second-order valence-electron chi connectivity index (χ2n) is 10.2. The van der Waals surface area contributed by atoms with Crippen LogP contribution in [0.15, 0.2) is 121 Å². The summed E-state index contributed by atoms with van der Waals surface area (Å²) in [6.45, 7) is 0. The molecule has 0 fully saturated rings. The van der Waals surface area contributed by atoms with E-state index in [9.17, 15) is 9.59 Å². The zero-order valence-corrected chi connectivity index (χ0v) is 22.7. The van der Waals surface area contributed by atoms with Crippen molar-refractivity contribution < 1.29 is 19.1 Å². The van der Waals surface area contributed by atoms with E-state index in [4.69, 9.17) is 9.47 Å². The van der Waals surface area contributed by atoms with Crippen LogP contribution in [0.1, 0.15) is 43.0 Å². The molecule has 0 atom stereocenters. The molecule has 0 radical (unpaired) electrons. The second-order valence-corrected chi connectivity index (χ2v) is 10.2. The van der Waals surface area contributed by atoms with Gasteiger partial charge in [0.05, 0.1) is 30.8 Å². The zero-order valence-electron chi connectivity index (χ0n) is 22.7. The lowest BCUT2D eigenvalue weighted by atomic mass is 9.65. The summed E-state index contributed by atoms with van der Waals surface area (Å²) < 4.78 is 10.3. The molecule has 0 saturated heterocycles. The molecule has 0 spiro atoms. The molecule has 0 aliphatic heterocycles. The Bertz CT molecular complexity index is 1870. The van der Waals surface area contributed by atoms with E-state index in [0.29, 0.717) is 11.1 Å². The predicted octanol–water partition coefficient (Wildman–Crippen LogP) is 7.93. The van der Waals surface area contributed by atoms with Gasteiger partial charge in [0.25, 0.3) is 0 Å². The molecule has 0 N–H and O–H groups in total. The van der Waals surface area contributed by atoms with Crippen LogP contribution in [-0.2, 0) is 14.9 Å². The molecule has 1 aliphatic rings. The van der Waals surface area contributed by atoms with Gasteiger partial charge in [0, 0.05) is 0 Å². The summed E-state index contributed by atoms with van der Waals surface area (Å²) in [5.74, 6) is -0.746. The third kappa shape index (κ3) is 3.40. The van der Waals surface area contributed by atoms with Crippen LogP contribution in [-0.4, -0.2) is 26.2 Å². The van der Waals surface area contributed by atoms with Crippen molar-refractivity contribution in [2.24, 2.45) is 0 Å². The fourth-order valence-electron chi connectivity index (χ4n) is 6.81. The van der Waals surface area contributed by atoms with Gasteiger partial charge in [0.15, 0.2) is 0 Å². The van der Waals surface area contributed by atoms with Crippen LogP contribution in [0.2, 0.25) is 0 Å². The van der Waals surface area contributed by atoms with Crippen molar-refractivity contribution in [3.05, 3.63) is 155 Å². The van der Waals surface area contributed by atoms with Crippen LogP contribution in [0.5, 0.6) is 0 Å². The number of rotatable bonds is 4. The van der Waals surface area contributed by atoms with Gasteiger partial charge in [-0.25, -0.2) is 9.59 Å². The van der Waals surface area contributed by atoms with Crippen LogP contribution in [0.4, 0.5) is 0 Å². The number of benzene rings is 6. The van der Waals surface area contributed by atoms with Crippen molar-refractivity contribution >= 4 is 33.5 Å². The normalized spacial score (nSPS) is 13.0. The van der Waals surface area contributed by atoms with Gasteiger partial charge >= 0.3 is 11.9 Å². The average Bonchev–Trinajstić information content (AvgIpc) is 3.33. The Labute approximate surface area is 237 Å². The Hall–Kier alpha value is -5.22. The minimum Gasteiger partial charge on any atom is -0.465 e. The standard InChI is InChI=1S/C37H26O4/c1-40-35(38)29-17-7-15-25-23(29)13-9-21-33(25)37(31-19-5-3-11-27(31)28-12-4-6-20-32(28)37)34-22-10-14-24-26(34)16-8-18-30(24)36(39)41-2/h3-22H,1-2H3. The summed E-state index contributed by atoms with van der Waals surface area (Å²) in [6.07, 6.45) is 0. The van der Waals surface area contributed by atoms with Crippen molar-refractivity contribution in [3.8, 4) is 11.1 Å². The van der Waals surface area contributed by atoms with Crippen LogP contribution in [0.25, 0.3) is 32.7 Å². The first-order valence-corrected chi connectivity index (χ1v) is 13.5. The molecule has 4 nitrogen and oxygen atoms in total. The number of carbonyl (C=O) groups is 2. The van der Waals surface area contributed by atoms with Crippen molar-refractivity contribution in [1.82, 2.24) is 0 Å². The maximum absolute atomic E-state index is 12.8. The molecular weight excluding hydrogens is 508 g/mol. The topological polar surface area (TPSA) is 52.6 Å². The largest absolute Gasteiger partial charge is 0.465 e. The second kappa shape index (κ2) is 9.46. The Balaban J connectivity index is 1.70. The summed E-state index contributed by atoms with van der Waals surface area (Å²) in [5.41, 5.74) is 7.01. The van der Waals surface area contributed by atoms with Gasteiger partial charge in [-0.3, -0.25) is 0 Å². The lowest BCUT2D eigenvalue weighted by Crippen LogP contribution is -2.29. The molecule has 6 aromatic carbocycles. The number of esters is 2. The molecular formula is C37H26O4. The number of ether oxygens (including phenoxy) is 2. The molecule has 41 heavy (non-hydrogen) atoms. The van der Waals surface area contributed by atoms with Gasteiger partial charge in [0.1, 0.15) is 0 Å². The van der Waals surface area contributed by atoms with Gasteiger partial charge in [-0.15, -0.1) is 0 Å². The molecule has 198 valence electrons. The summed E-state index contributed by atoms with van der Waals surface area (Å²) in [5, 5.41) is 3.58. The molecule has 0 heterocycles. The molecule has 1 aliphatic carbocycles. The molecule has 0 unspecified atom stereocenters. The van der Waals surface area contributed by atoms with Gasteiger partial charge in [-0.2, -0.15) is 0 Å². The van der Waals surface area contributed by atoms with Crippen molar-refractivity contribution in [2.75, 3.05) is 14.2 Å². The highest BCUT2D eigenvalue weighted by atomic mass is 16.5. The summed E-state index contributed by atoms with van der Waals surface area (Å²) in [4.78, 5) is 25.7. The number of hydrogen-bond donors (Lipinski definition) is 0. The van der Waals surface area contributed by atoms with E-state index in [1.807, 2.05) is 48.5 Å². The van der Waals surface area contributed by atoms with Gasteiger partial charge in [0.2, 0.25) is 0 Å². The minimum atomic E-state index is -0.740. The maximum Gasteiger partial charge on any atom is 0.338 e. The monoisotopic (exact) mass is 534 g/mol. The summed E-state index contributed by atoms with van der Waals surface area (Å²) in [7, 11) is 2.82. The number of hydrogen-bond acceptors (Lipinski definition) is 4. The lowest BCUT2D eigenvalue weighted by Gasteiger charge is -2.36. The maximum atomic E-state index is 12.8. The first-order chi connectivity index (χ1) is 20.1. The predicted molar refractivity (Wildman–Crippen MR) is 161 cm³/mol. The van der Waals surface area contributed by atoms with E-state index in [1.54, 1.807) is 0 Å². The molecule has 0 amide bonds. The van der Waals surface area contributed by atoms with Crippen LogP contribution in [0.3, 0.4) is 0 Å². The summed E-state index contributed by atoms with van der Waals surface area (Å²) >= 11 is 0. The van der Waals surface area contributed by atoms with Crippen molar-refractivity contribution in [1.29, 1.82) is 0 Å². The quantitative estimate of drug-likeness (QED) is 0.215. The summed E-state index contributed by atoms with van der Waals surface area (Å²) in [6, 6.07) is 40.9. The molecule has 0 bridgehead atoms. The van der Waals surface area contributed by atoms with Crippen molar-refractivity contribution in [2.45, 2.75) is 5.41 Å². The molecule has 6 aromatic rings. The highest BCUT2D eigenvalue weighted by Crippen LogP contribution is 2.58. The van der Waals surface area contributed by atoms with E-state index in [-0.39, 0.29) is 11.9 Å². The van der Waals surface area contributed by atoms with Crippen LogP contribution in [0, 0.1) is 0 Å². The van der Waals surface area contributed by atoms with Gasteiger partial charge in [-0.1, -0.05) is 109 Å². The third-order valence-electron chi connectivity index (χ3n) is 8.42. The third-order valence-corrected chi connectivity index (χ3v) is 8.42. The van der Waals surface area contributed by atoms with E-state index < -0.39 is 5.41 Å². The molecule has 0 saturated carbocycles. The average molecular weight is 535 g/mol. The molecule has 4 heteroatoms. The van der Waals surface area contributed by atoms with Gasteiger partial charge < -0.3 is 9.47 Å². The smallest absolute Gasteiger partial charge is 0.338 e. The van der Waals surface area contributed by atoms with E-state index in [0.717, 1.165) is 54.9 Å². The van der Waals surface area contributed by atoms with Crippen molar-refractivity contribution in [3.63, 3.8) is 0 Å². The molecule has 7 rings (SSSR count). The Morgan fingerprint density at radius 3 is 1.24 bits per heavy atom. The lowest BCUT2D eigenvalue weighted by molar-refractivity contribution is 0.0594. The van der Waals surface area contributed by atoms with Crippen LogP contribution >= 0.6 is 0 Å². The number of methoxy groups -OCH3 is 2. The first kappa shape index (κ1) is 24.8. The zero-order chi connectivity index (χ0) is 28.1. The fraction of sp³-hybridized carbons (Fsp3) is 0.0811. The SMILES string of the molecule is COC(=O)c1cccc2c(C3(c4cccc5c(C(=O)OC)cccc45)c4ccccc4-c4ccccc43)cccc12.